The molecule has 0 bridgehead atoms. The highest BCUT2D eigenvalue weighted by Crippen LogP contribution is 2.49. The van der Waals surface area contributed by atoms with Gasteiger partial charge in [0.25, 0.3) is 0 Å². The van der Waals surface area contributed by atoms with E-state index >= 15 is 0 Å². The fourth-order valence-electron chi connectivity index (χ4n) is 1.88. The van der Waals surface area contributed by atoms with Gasteiger partial charge in [0.15, 0.2) is 5.44 Å². The van der Waals surface area contributed by atoms with Crippen molar-refractivity contribution >= 4 is 29.0 Å². The average molecular weight is 359 g/mol. The summed E-state index contributed by atoms with van der Waals surface area (Å²) in [6.07, 6.45) is 0. The van der Waals surface area contributed by atoms with E-state index in [9.17, 15) is 4.57 Å². The number of hydrogen-bond donors (Lipinski definition) is 1. The average Bonchev–Trinajstić information content (AvgIpc) is 2.83. The Hall–Kier alpha value is -0.940. The first-order chi connectivity index (χ1) is 9.62. The van der Waals surface area contributed by atoms with E-state index < -0.39 is 7.60 Å². The van der Waals surface area contributed by atoms with Gasteiger partial charge in [0, 0.05) is 5.56 Å². The standard InChI is InChI=1S/C13H16BrN2O3P/c1-3-18-20(17,19-4-2)13-11(12(14)15-16-13)10-8-6-5-7-9-10/h5-9H,3-4H2,1-2H3,(H,15,16). The monoisotopic (exact) mass is 358 g/mol. The van der Waals surface area contributed by atoms with Crippen LogP contribution in [0, 0.1) is 0 Å². The third kappa shape index (κ3) is 3.04. The van der Waals surface area contributed by atoms with Crippen molar-refractivity contribution in [3.8, 4) is 11.1 Å². The van der Waals surface area contributed by atoms with Crippen LogP contribution in [0.25, 0.3) is 11.1 Å². The highest BCUT2D eigenvalue weighted by atomic mass is 79.9. The Bertz CT molecular complexity index is 605. The first-order valence-electron chi connectivity index (χ1n) is 6.31. The highest BCUT2D eigenvalue weighted by molar-refractivity contribution is 9.10. The molecule has 0 atom stereocenters. The number of H-pyrrole nitrogens is 1. The van der Waals surface area contributed by atoms with E-state index in [1.54, 1.807) is 13.8 Å². The molecule has 2 rings (SSSR count). The number of hydrogen-bond acceptors (Lipinski definition) is 4. The number of rotatable bonds is 6. The Kier molecular flexibility index (Phi) is 5.16. The molecular weight excluding hydrogens is 343 g/mol. The lowest BCUT2D eigenvalue weighted by Gasteiger charge is -2.16. The van der Waals surface area contributed by atoms with Gasteiger partial charge in [-0.2, -0.15) is 5.10 Å². The van der Waals surface area contributed by atoms with Crippen LogP contribution in [0.2, 0.25) is 0 Å². The molecular formula is C13H16BrN2O3P. The van der Waals surface area contributed by atoms with Crippen molar-refractivity contribution in [1.29, 1.82) is 0 Å². The summed E-state index contributed by atoms with van der Waals surface area (Å²) in [5.74, 6) is 0. The molecule has 1 aromatic carbocycles. The van der Waals surface area contributed by atoms with Crippen LogP contribution in [0.15, 0.2) is 34.9 Å². The second kappa shape index (κ2) is 6.68. The molecule has 2 aromatic rings. The summed E-state index contributed by atoms with van der Waals surface area (Å²) in [4.78, 5) is 0. The quantitative estimate of drug-likeness (QED) is 0.799. The molecule has 0 aliphatic carbocycles. The van der Waals surface area contributed by atoms with Crippen LogP contribution in [0.5, 0.6) is 0 Å². The number of nitrogens with zero attached hydrogens (tertiary/aromatic N) is 1. The molecule has 0 fully saturated rings. The second-order valence-corrected chi connectivity index (χ2v) is 6.65. The Morgan fingerprint density at radius 3 is 2.35 bits per heavy atom. The predicted molar refractivity (Wildman–Crippen MR) is 82.2 cm³/mol. The molecule has 5 nitrogen and oxygen atoms in total. The van der Waals surface area contributed by atoms with Crippen molar-refractivity contribution in [2.75, 3.05) is 13.2 Å². The molecule has 1 aromatic heterocycles. The minimum atomic E-state index is -3.40. The summed E-state index contributed by atoms with van der Waals surface area (Å²) >= 11 is 3.37. The maximum Gasteiger partial charge on any atom is 0.379 e. The van der Waals surface area contributed by atoms with E-state index in [0.717, 1.165) is 5.56 Å². The molecule has 1 N–H and O–H groups in total. The molecule has 0 radical (unpaired) electrons. The number of benzene rings is 1. The molecule has 0 spiro atoms. The second-order valence-electron chi connectivity index (χ2n) is 3.94. The lowest BCUT2D eigenvalue weighted by molar-refractivity contribution is 0.229. The zero-order valence-corrected chi connectivity index (χ0v) is 13.8. The van der Waals surface area contributed by atoms with E-state index in [2.05, 4.69) is 26.1 Å². The van der Waals surface area contributed by atoms with Gasteiger partial charge in [-0.25, -0.2) is 0 Å². The maximum absolute atomic E-state index is 12.9. The van der Waals surface area contributed by atoms with E-state index in [1.165, 1.54) is 0 Å². The first kappa shape index (κ1) is 15.4. The molecule has 7 heteroatoms. The van der Waals surface area contributed by atoms with Gasteiger partial charge < -0.3 is 9.05 Å². The largest absolute Gasteiger partial charge is 0.379 e. The first-order valence-corrected chi connectivity index (χ1v) is 8.65. The van der Waals surface area contributed by atoms with Crippen LogP contribution in [0.4, 0.5) is 0 Å². The summed E-state index contributed by atoms with van der Waals surface area (Å²) in [6.45, 7) is 4.14. The molecule has 20 heavy (non-hydrogen) atoms. The van der Waals surface area contributed by atoms with Gasteiger partial charge in [-0.1, -0.05) is 30.3 Å². The molecule has 0 aliphatic heterocycles. The zero-order valence-electron chi connectivity index (χ0n) is 11.3. The molecule has 0 unspecified atom stereocenters. The molecule has 0 amide bonds. The summed E-state index contributed by atoms with van der Waals surface area (Å²) < 4.78 is 24.2. The summed E-state index contributed by atoms with van der Waals surface area (Å²) in [7, 11) is -3.40. The van der Waals surface area contributed by atoms with E-state index in [4.69, 9.17) is 9.05 Å². The van der Waals surface area contributed by atoms with Crippen molar-refractivity contribution in [2.45, 2.75) is 13.8 Å². The fraction of sp³-hybridized carbons (Fsp3) is 0.308. The van der Waals surface area contributed by atoms with Crippen molar-refractivity contribution in [1.82, 2.24) is 10.2 Å². The molecule has 1 heterocycles. The Morgan fingerprint density at radius 1 is 1.20 bits per heavy atom. The van der Waals surface area contributed by atoms with Gasteiger partial charge in [0.05, 0.1) is 13.2 Å². The number of aromatic amines is 1. The highest BCUT2D eigenvalue weighted by Gasteiger charge is 2.33. The minimum Gasteiger partial charge on any atom is -0.304 e. The molecule has 0 saturated heterocycles. The maximum atomic E-state index is 12.9. The van der Waals surface area contributed by atoms with Crippen LogP contribution < -0.4 is 5.44 Å². The van der Waals surface area contributed by atoms with E-state index in [-0.39, 0.29) is 0 Å². The Balaban J connectivity index is 2.55. The van der Waals surface area contributed by atoms with Crippen LogP contribution in [-0.2, 0) is 13.6 Å². The van der Waals surface area contributed by atoms with Gasteiger partial charge >= 0.3 is 7.60 Å². The van der Waals surface area contributed by atoms with Crippen LogP contribution in [-0.4, -0.2) is 23.4 Å². The van der Waals surface area contributed by atoms with Crippen molar-refractivity contribution < 1.29 is 13.6 Å². The van der Waals surface area contributed by atoms with Crippen LogP contribution in [0.3, 0.4) is 0 Å². The zero-order chi connectivity index (χ0) is 14.6. The topological polar surface area (TPSA) is 64.2 Å². The van der Waals surface area contributed by atoms with Gasteiger partial charge in [-0.15, -0.1) is 0 Å². The van der Waals surface area contributed by atoms with Gasteiger partial charge in [-0.3, -0.25) is 9.66 Å². The SMILES string of the molecule is CCOP(=O)(OCC)c1[nH]nc(Br)c1-c1ccccc1. The summed E-state index contributed by atoms with van der Waals surface area (Å²) in [5, 5.41) is 6.86. The van der Waals surface area contributed by atoms with Crippen LogP contribution in [0.1, 0.15) is 13.8 Å². The third-order valence-corrected chi connectivity index (χ3v) is 5.28. The normalized spacial score (nSPS) is 11.8. The van der Waals surface area contributed by atoms with Crippen molar-refractivity contribution in [3.63, 3.8) is 0 Å². The van der Waals surface area contributed by atoms with E-state index in [0.29, 0.717) is 28.8 Å². The predicted octanol–water partition coefficient (Wildman–Crippen LogP) is 3.73. The van der Waals surface area contributed by atoms with Gasteiger partial charge in [0.1, 0.15) is 4.60 Å². The fourth-order valence-corrected chi connectivity index (χ4v) is 4.24. The molecule has 108 valence electrons. The minimum absolute atomic E-state index is 0.294. The summed E-state index contributed by atoms with van der Waals surface area (Å²) in [6, 6.07) is 9.57. The number of aromatic nitrogens is 2. The molecule has 0 saturated carbocycles. The van der Waals surface area contributed by atoms with E-state index in [1.807, 2.05) is 30.3 Å². The Morgan fingerprint density at radius 2 is 1.80 bits per heavy atom. The van der Waals surface area contributed by atoms with Crippen molar-refractivity contribution in [3.05, 3.63) is 34.9 Å². The van der Waals surface area contributed by atoms with Gasteiger partial charge in [-0.05, 0) is 35.3 Å². The molecule has 0 aliphatic rings. The number of halogens is 1. The van der Waals surface area contributed by atoms with Gasteiger partial charge in [0.2, 0.25) is 0 Å². The Labute approximate surface area is 126 Å². The third-order valence-electron chi connectivity index (χ3n) is 2.64. The lowest BCUT2D eigenvalue weighted by Crippen LogP contribution is -2.14. The van der Waals surface area contributed by atoms with Crippen LogP contribution >= 0.6 is 23.5 Å². The lowest BCUT2D eigenvalue weighted by atomic mass is 10.1. The smallest absolute Gasteiger partial charge is 0.304 e. The summed E-state index contributed by atoms with van der Waals surface area (Å²) in [5.41, 5.74) is 1.97. The van der Waals surface area contributed by atoms with Crippen molar-refractivity contribution in [2.24, 2.45) is 0 Å². The number of nitrogens with one attached hydrogen (secondary N) is 1.